The number of carbonyl (C=O) groups is 4. The molecule has 0 aliphatic carbocycles. The van der Waals surface area contributed by atoms with Gasteiger partial charge in [0.25, 0.3) is 0 Å². The van der Waals surface area contributed by atoms with E-state index in [-0.39, 0.29) is 6.42 Å². The minimum Gasteiger partial charge on any atom is -0.458 e. The highest BCUT2D eigenvalue weighted by Gasteiger charge is 2.35. The van der Waals surface area contributed by atoms with Gasteiger partial charge in [-0.15, -0.1) is 0 Å². The van der Waals surface area contributed by atoms with Crippen LogP contribution in [0.2, 0.25) is 0 Å². The number of hydrogen-bond acceptors (Lipinski definition) is 7. The molecule has 2 unspecified atom stereocenters. The van der Waals surface area contributed by atoms with Gasteiger partial charge in [0.05, 0.1) is 6.07 Å². The van der Waals surface area contributed by atoms with Crippen LogP contribution in [0.1, 0.15) is 64.3 Å². The summed E-state index contributed by atoms with van der Waals surface area (Å²) >= 11 is 0. The number of nitrogens with one attached hydrogen (secondary N) is 2. The lowest BCUT2D eigenvalue weighted by Crippen LogP contribution is -2.52. The van der Waals surface area contributed by atoms with Gasteiger partial charge in [0.15, 0.2) is 0 Å². The number of alkyl carbamates (subject to hydrolysis) is 1. The number of rotatable bonds is 11. The summed E-state index contributed by atoms with van der Waals surface area (Å²) in [5, 5.41) is 14.7. The standard InChI is InChI=1S/C32H40N4O6/c1-8-22-15-12-16-24(19-22)27(36(18-17-33)26(37)21-34-30(40)42-32(5,6)7)28(38)35-25(29(39)41-31(2,3)4)20-23-13-10-9-11-14-23/h8-16,19,25,27H,1,18,20-21H2,2-7H3,(H,34,40)(H,35,38). The van der Waals surface area contributed by atoms with Gasteiger partial charge in [-0.1, -0.05) is 61.2 Å². The molecule has 0 radical (unpaired) electrons. The number of amides is 3. The van der Waals surface area contributed by atoms with Crippen LogP contribution in [0.25, 0.3) is 6.08 Å². The van der Waals surface area contributed by atoms with E-state index in [4.69, 9.17) is 9.47 Å². The number of esters is 1. The third-order valence-corrected chi connectivity index (χ3v) is 5.66. The van der Waals surface area contributed by atoms with Gasteiger partial charge in [0.1, 0.15) is 36.4 Å². The summed E-state index contributed by atoms with van der Waals surface area (Å²) in [5.74, 6) is -2.06. The maximum Gasteiger partial charge on any atom is 0.408 e. The average Bonchev–Trinajstić information content (AvgIpc) is 2.90. The summed E-state index contributed by atoms with van der Waals surface area (Å²) in [7, 11) is 0. The Balaban J connectivity index is 2.47. The smallest absolute Gasteiger partial charge is 0.408 e. The van der Waals surface area contributed by atoms with Crippen LogP contribution in [0.4, 0.5) is 4.79 Å². The molecular weight excluding hydrogens is 536 g/mol. The van der Waals surface area contributed by atoms with Crippen LogP contribution in [-0.2, 0) is 30.3 Å². The molecule has 10 nitrogen and oxygen atoms in total. The Labute approximate surface area is 247 Å². The van der Waals surface area contributed by atoms with Gasteiger partial charge in [-0.2, -0.15) is 5.26 Å². The minimum atomic E-state index is -1.32. The lowest BCUT2D eigenvalue weighted by atomic mass is 9.99. The second kappa shape index (κ2) is 14.8. The summed E-state index contributed by atoms with van der Waals surface area (Å²) in [6.45, 7) is 13.0. The fourth-order valence-electron chi connectivity index (χ4n) is 3.96. The summed E-state index contributed by atoms with van der Waals surface area (Å²) in [6, 6.07) is 15.4. The Morgan fingerprint density at radius 1 is 0.976 bits per heavy atom. The SMILES string of the molecule is C=Cc1cccc(C(C(=O)NC(Cc2ccccc2)C(=O)OC(C)(C)C)N(CC#N)C(=O)CNC(=O)OC(C)(C)C)c1. The second-order valence-electron chi connectivity index (χ2n) is 11.6. The van der Waals surface area contributed by atoms with Gasteiger partial charge in [-0.3, -0.25) is 9.59 Å². The number of nitriles is 1. The zero-order valence-corrected chi connectivity index (χ0v) is 25.1. The Morgan fingerprint density at radius 3 is 2.19 bits per heavy atom. The number of hydrogen-bond donors (Lipinski definition) is 2. The fraction of sp³-hybridized carbons (Fsp3) is 0.406. The largest absolute Gasteiger partial charge is 0.458 e. The van der Waals surface area contributed by atoms with E-state index in [9.17, 15) is 24.4 Å². The van der Waals surface area contributed by atoms with E-state index in [1.54, 1.807) is 71.9 Å². The number of nitrogens with zero attached hydrogens (tertiary/aromatic N) is 2. The molecule has 2 N–H and O–H groups in total. The van der Waals surface area contributed by atoms with Crippen LogP contribution in [0.15, 0.2) is 61.2 Å². The average molecular weight is 577 g/mol. The van der Waals surface area contributed by atoms with Crippen LogP contribution in [0, 0.1) is 11.3 Å². The Kier molecular flexibility index (Phi) is 11.8. The normalized spacial score (nSPS) is 12.6. The van der Waals surface area contributed by atoms with E-state index in [0.29, 0.717) is 11.1 Å². The molecule has 2 aromatic carbocycles. The lowest BCUT2D eigenvalue weighted by molar-refractivity contribution is -0.159. The predicted octanol–water partition coefficient (Wildman–Crippen LogP) is 4.32. The highest BCUT2D eigenvalue weighted by atomic mass is 16.6. The van der Waals surface area contributed by atoms with Crippen molar-refractivity contribution >= 4 is 30.0 Å². The van der Waals surface area contributed by atoms with Crippen LogP contribution >= 0.6 is 0 Å². The van der Waals surface area contributed by atoms with E-state index in [2.05, 4.69) is 17.2 Å². The van der Waals surface area contributed by atoms with Crippen molar-refractivity contribution in [2.24, 2.45) is 0 Å². The Hall–Kier alpha value is -4.65. The van der Waals surface area contributed by atoms with Crippen molar-refractivity contribution in [1.82, 2.24) is 15.5 Å². The fourth-order valence-corrected chi connectivity index (χ4v) is 3.96. The van der Waals surface area contributed by atoms with Crippen molar-refractivity contribution in [1.29, 1.82) is 5.26 Å². The zero-order chi connectivity index (χ0) is 31.5. The van der Waals surface area contributed by atoms with Gasteiger partial charge in [-0.25, -0.2) is 9.59 Å². The summed E-state index contributed by atoms with van der Waals surface area (Å²) < 4.78 is 10.8. The minimum absolute atomic E-state index is 0.132. The van der Waals surface area contributed by atoms with E-state index < -0.39 is 60.3 Å². The monoisotopic (exact) mass is 576 g/mol. The van der Waals surface area contributed by atoms with Crippen molar-refractivity contribution in [2.75, 3.05) is 13.1 Å². The predicted molar refractivity (Wildman–Crippen MR) is 159 cm³/mol. The third-order valence-electron chi connectivity index (χ3n) is 5.66. The molecule has 10 heteroatoms. The molecule has 224 valence electrons. The van der Waals surface area contributed by atoms with E-state index >= 15 is 0 Å². The summed E-state index contributed by atoms with van der Waals surface area (Å²) in [6.07, 6.45) is 0.890. The van der Waals surface area contributed by atoms with Crippen molar-refractivity contribution in [3.8, 4) is 6.07 Å². The highest BCUT2D eigenvalue weighted by molar-refractivity contribution is 5.93. The van der Waals surface area contributed by atoms with Crippen molar-refractivity contribution in [3.63, 3.8) is 0 Å². The molecule has 0 bridgehead atoms. The molecule has 0 fully saturated rings. The molecule has 3 amide bonds. The Bertz CT molecular complexity index is 1300. The van der Waals surface area contributed by atoms with Crippen LogP contribution in [0.5, 0.6) is 0 Å². The highest BCUT2D eigenvalue weighted by Crippen LogP contribution is 2.24. The molecule has 0 aliphatic heterocycles. The Morgan fingerprint density at radius 2 is 1.62 bits per heavy atom. The van der Waals surface area contributed by atoms with Crippen LogP contribution < -0.4 is 10.6 Å². The van der Waals surface area contributed by atoms with E-state index in [1.165, 1.54) is 0 Å². The molecular formula is C32H40N4O6. The zero-order valence-electron chi connectivity index (χ0n) is 25.1. The number of ether oxygens (including phenoxy) is 2. The van der Waals surface area contributed by atoms with Gasteiger partial charge in [-0.05, 0) is 64.3 Å². The van der Waals surface area contributed by atoms with Gasteiger partial charge in [0.2, 0.25) is 11.8 Å². The molecule has 2 atom stereocenters. The van der Waals surface area contributed by atoms with E-state index in [1.807, 2.05) is 36.4 Å². The summed E-state index contributed by atoms with van der Waals surface area (Å²) in [4.78, 5) is 53.9. The molecule has 0 saturated heterocycles. The molecule has 2 aromatic rings. The molecule has 0 aromatic heterocycles. The third kappa shape index (κ3) is 11.1. The first-order chi connectivity index (χ1) is 19.6. The quantitative estimate of drug-likeness (QED) is 0.300. The van der Waals surface area contributed by atoms with Gasteiger partial charge in [0, 0.05) is 6.42 Å². The van der Waals surface area contributed by atoms with Crippen LogP contribution in [-0.4, -0.2) is 59.1 Å². The molecule has 0 spiro atoms. The number of carbonyl (C=O) groups excluding carboxylic acids is 4. The first-order valence-electron chi connectivity index (χ1n) is 13.6. The van der Waals surface area contributed by atoms with Gasteiger partial charge >= 0.3 is 12.1 Å². The second-order valence-corrected chi connectivity index (χ2v) is 11.6. The molecule has 0 heterocycles. The molecule has 0 aliphatic rings. The lowest BCUT2D eigenvalue weighted by Gasteiger charge is -2.31. The maximum atomic E-state index is 14.0. The molecule has 0 saturated carbocycles. The van der Waals surface area contributed by atoms with Crippen molar-refractivity contribution in [3.05, 3.63) is 77.9 Å². The van der Waals surface area contributed by atoms with E-state index in [0.717, 1.165) is 10.5 Å². The first kappa shape index (κ1) is 33.6. The topological polar surface area (TPSA) is 138 Å². The van der Waals surface area contributed by atoms with Crippen molar-refractivity contribution in [2.45, 2.75) is 71.2 Å². The van der Waals surface area contributed by atoms with Gasteiger partial charge < -0.3 is 25.0 Å². The van der Waals surface area contributed by atoms with Crippen LogP contribution in [0.3, 0.4) is 0 Å². The maximum absolute atomic E-state index is 14.0. The number of benzene rings is 2. The summed E-state index contributed by atoms with van der Waals surface area (Å²) in [5.41, 5.74) is 0.237. The van der Waals surface area contributed by atoms with Crippen molar-refractivity contribution < 1.29 is 28.7 Å². The molecule has 2 rings (SSSR count). The molecule has 42 heavy (non-hydrogen) atoms. The first-order valence-corrected chi connectivity index (χ1v) is 13.6.